The summed E-state index contributed by atoms with van der Waals surface area (Å²) in [5, 5.41) is 3.51. The Morgan fingerprint density at radius 1 is 1.31 bits per heavy atom. The largest absolute Gasteiger partial charge is 0.312 e. The summed E-state index contributed by atoms with van der Waals surface area (Å²) in [4.78, 5) is 0. The van der Waals surface area contributed by atoms with Gasteiger partial charge in [-0.3, -0.25) is 0 Å². The third kappa shape index (κ3) is 2.30. The van der Waals surface area contributed by atoms with Crippen molar-refractivity contribution in [1.29, 1.82) is 0 Å². The summed E-state index contributed by atoms with van der Waals surface area (Å²) in [7, 11) is 0. The highest BCUT2D eigenvalue weighted by atomic mass is 14.9. The molecule has 0 saturated carbocycles. The van der Waals surface area contributed by atoms with Crippen LogP contribution in [-0.2, 0) is 18.4 Å². The summed E-state index contributed by atoms with van der Waals surface area (Å²) in [6.45, 7) is 11.3. The molecule has 16 heavy (non-hydrogen) atoms. The van der Waals surface area contributed by atoms with Crippen molar-refractivity contribution in [2.24, 2.45) is 5.92 Å². The zero-order valence-electron chi connectivity index (χ0n) is 10.9. The molecule has 0 saturated heterocycles. The fourth-order valence-corrected chi connectivity index (χ4v) is 2.66. The summed E-state index contributed by atoms with van der Waals surface area (Å²) < 4.78 is 0. The second kappa shape index (κ2) is 4.21. The molecule has 1 heterocycles. The maximum atomic E-state index is 3.51. The molecular formula is C15H23N. The van der Waals surface area contributed by atoms with Crippen LogP contribution in [0.5, 0.6) is 0 Å². The van der Waals surface area contributed by atoms with Crippen LogP contribution < -0.4 is 5.32 Å². The fraction of sp³-hybridized carbons (Fsp3) is 0.600. The topological polar surface area (TPSA) is 12.0 Å². The lowest BCUT2D eigenvalue weighted by Gasteiger charge is -2.33. The van der Waals surface area contributed by atoms with E-state index in [0.717, 1.165) is 19.0 Å². The molecule has 0 amide bonds. The van der Waals surface area contributed by atoms with Crippen LogP contribution in [0.2, 0.25) is 0 Å². The van der Waals surface area contributed by atoms with Crippen LogP contribution in [-0.4, -0.2) is 6.54 Å². The molecule has 1 aromatic rings. The second-order valence-electron chi connectivity index (χ2n) is 6.08. The van der Waals surface area contributed by atoms with Crippen LogP contribution in [0, 0.1) is 5.92 Å². The third-order valence-corrected chi connectivity index (χ3v) is 3.43. The Bertz CT molecular complexity index is 377. The van der Waals surface area contributed by atoms with E-state index >= 15 is 0 Å². The lowest BCUT2D eigenvalue weighted by atomic mass is 9.78. The summed E-state index contributed by atoms with van der Waals surface area (Å²) in [5.74, 6) is 0.739. The van der Waals surface area contributed by atoms with Gasteiger partial charge in [0.1, 0.15) is 0 Å². The van der Waals surface area contributed by atoms with Gasteiger partial charge in [-0.2, -0.15) is 0 Å². The summed E-state index contributed by atoms with van der Waals surface area (Å²) in [6, 6.07) is 7.04. The van der Waals surface area contributed by atoms with Gasteiger partial charge >= 0.3 is 0 Å². The first-order valence-electron chi connectivity index (χ1n) is 6.32. The zero-order chi connectivity index (χ0) is 11.8. The monoisotopic (exact) mass is 217 g/mol. The van der Waals surface area contributed by atoms with Crippen molar-refractivity contribution in [2.45, 2.75) is 46.1 Å². The van der Waals surface area contributed by atoms with E-state index in [9.17, 15) is 0 Å². The molecule has 1 aliphatic heterocycles. The number of benzene rings is 1. The standard InChI is InChI=1S/C15H23N/c1-11(2)7-12-5-6-14-13(8-12)9-16-10-15(14,3)4/h5-6,8,11,16H,7,9-10H2,1-4H3. The van der Waals surface area contributed by atoms with Crippen LogP contribution in [0.1, 0.15) is 44.4 Å². The molecule has 88 valence electrons. The van der Waals surface area contributed by atoms with E-state index in [2.05, 4.69) is 51.2 Å². The smallest absolute Gasteiger partial charge is 0.0208 e. The highest BCUT2D eigenvalue weighted by molar-refractivity contribution is 5.39. The highest BCUT2D eigenvalue weighted by Gasteiger charge is 2.26. The van der Waals surface area contributed by atoms with Crippen molar-refractivity contribution in [2.75, 3.05) is 6.54 Å². The van der Waals surface area contributed by atoms with Crippen LogP contribution in [0.3, 0.4) is 0 Å². The maximum Gasteiger partial charge on any atom is 0.0208 e. The van der Waals surface area contributed by atoms with Crippen LogP contribution in [0.25, 0.3) is 0 Å². The van der Waals surface area contributed by atoms with Gasteiger partial charge in [-0.15, -0.1) is 0 Å². The third-order valence-electron chi connectivity index (χ3n) is 3.43. The molecule has 1 nitrogen and oxygen atoms in total. The van der Waals surface area contributed by atoms with Gasteiger partial charge in [-0.1, -0.05) is 45.9 Å². The lowest BCUT2D eigenvalue weighted by molar-refractivity contribution is 0.434. The Kier molecular flexibility index (Phi) is 3.07. The Hall–Kier alpha value is -0.820. The van der Waals surface area contributed by atoms with Crippen molar-refractivity contribution in [3.8, 4) is 0 Å². The molecular weight excluding hydrogens is 194 g/mol. The van der Waals surface area contributed by atoms with E-state index < -0.39 is 0 Å². The number of nitrogens with one attached hydrogen (secondary N) is 1. The predicted octanol–water partition coefficient (Wildman–Crippen LogP) is 3.27. The molecule has 0 aromatic heterocycles. The van der Waals surface area contributed by atoms with Crippen molar-refractivity contribution in [3.63, 3.8) is 0 Å². The average Bonchev–Trinajstić information content (AvgIpc) is 2.15. The fourth-order valence-electron chi connectivity index (χ4n) is 2.66. The first kappa shape index (κ1) is 11.7. The predicted molar refractivity (Wildman–Crippen MR) is 69.7 cm³/mol. The van der Waals surface area contributed by atoms with Gasteiger partial charge < -0.3 is 5.32 Å². The van der Waals surface area contributed by atoms with Crippen LogP contribution in [0.15, 0.2) is 18.2 Å². The molecule has 0 radical (unpaired) electrons. The SMILES string of the molecule is CC(C)Cc1ccc2c(c1)CNCC2(C)C. The van der Waals surface area contributed by atoms with Crippen LogP contribution in [0.4, 0.5) is 0 Å². The van der Waals surface area contributed by atoms with Gasteiger partial charge in [-0.25, -0.2) is 0 Å². The molecule has 0 aliphatic carbocycles. The van der Waals surface area contributed by atoms with Crippen molar-refractivity contribution >= 4 is 0 Å². The molecule has 1 aliphatic rings. The van der Waals surface area contributed by atoms with Gasteiger partial charge in [0.25, 0.3) is 0 Å². The molecule has 2 rings (SSSR count). The Morgan fingerprint density at radius 3 is 2.75 bits per heavy atom. The van der Waals surface area contributed by atoms with Gasteiger partial charge in [0, 0.05) is 18.5 Å². The minimum absolute atomic E-state index is 0.282. The van der Waals surface area contributed by atoms with E-state index in [0.29, 0.717) is 0 Å². The Balaban J connectivity index is 2.32. The summed E-state index contributed by atoms with van der Waals surface area (Å²) >= 11 is 0. The van der Waals surface area contributed by atoms with Gasteiger partial charge in [0.05, 0.1) is 0 Å². The minimum Gasteiger partial charge on any atom is -0.312 e. The van der Waals surface area contributed by atoms with E-state index in [4.69, 9.17) is 0 Å². The van der Waals surface area contributed by atoms with Crippen molar-refractivity contribution < 1.29 is 0 Å². The number of fused-ring (bicyclic) bond motifs is 1. The first-order valence-corrected chi connectivity index (χ1v) is 6.32. The lowest BCUT2D eigenvalue weighted by Crippen LogP contribution is -2.38. The quantitative estimate of drug-likeness (QED) is 0.801. The van der Waals surface area contributed by atoms with Crippen molar-refractivity contribution in [3.05, 3.63) is 34.9 Å². The molecule has 0 spiro atoms. The average molecular weight is 217 g/mol. The van der Waals surface area contributed by atoms with Crippen LogP contribution >= 0.6 is 0 Å². The van der Waals surface area contributed by atoms with Gasteiger partial charge in [-0.05, 0) is 29.0 Å². The Labute approximate surface area is 99.3 Å². The second-order valence-corrected chi connectivity index (χ2v) is 6.08. The molecule has 1 N–H and O–H groups in total. The van der Waals surface area contributed by atoms with E-state index in [-0.39, 0.29) is 5.41 Å². The zero-order valence-corrected chi connectivity index (χ0v) is 10.9. The molecule has 0 fully saturated rings. The molecule has 0 atom stereocenters. The van der Waals surface area contributed by atoms with E-state index in [1.165, 1.54) is 23.1 Å². The highest BCUT2D eigenvalue weighted by Crippen LogP contribution is 2.30. The summed E-state index contributed by atoms with van der Waals surface area (Å²) in [5.41, 5.74) is 4.78. The van der Waals surface area contributed by atoms with Gasteiger partial charge in [0.2, 0.25) is 0 Å². The first-order chi connectivity index (χ1) is 7.49. The minimum atomic E-state index is 0.282. The molecule has 1 heteroatoms. The normalized spacial score (nSPS) is 18.6. The summed E-state index contributed by atoms with van der Waals surface area (Å²) in [6.07, 6.45) is 1.19. The van der Waals surface area contributed by atoms with Crippen molar-refractivity contribution in [1.82, 2.24) is 5.32 Å². The van der Waals surface area contributed by atoms with E-state index in [1.807, 2.05) is 0 Å². The number of rotatable bonds is 2. The number of hydrogen-bond acceptors (Lipinski definition) is 1. The van der Waals surface area contributed by atoms with E-state index in [1.54, 1.807) is 0 Å². The molecule has 0 unspecified atom stereocenters. The number of hydrogen-bond donors (Lipinski definition) is 1. The molecule has 0 bridgehead atoms. The van der Waals surface area contributed by atoms with Gasteiger partial charge in [0.15, 0.2) is 0 Å². The molecule has 1 aromatic carbocycles. The maximum absolute atomic E-state index is 3.51. The Morgan fingerprint density at radius 2 is 2.06 bits per heavy atom.